The molecule has 2 atom stereocenters. The molecule has 3 N–H and O–H groups in total. The number of hydrogen-bond acceptors (Lipinski definition) is 4. The van der Waals surface area contributed by atoms with Crippen molar-refractivity contribution in [3.8, 4) is 11.4 Å². The van der Waals surface area contributed by atoms with Crippen molar-refractivity contribution in [1.29, 1.82) is 0 Å². The van der Waals surface area contributed by atoms with Gasteiger partial charge in [-0.2, -0.15) is 0 Å². The van der Waals surface area contributed by atoms with Crippen molar-refractivity contribution in [1.82, 2.24) is 24.8 Å². The number of hydrogen-bond donors (Lipinski definition) is 3. The van der Waals surface area contributed by atoms with Crippen molar-refractivity contribution in [3.63, 3.8) is 0 Å². The maximum Gasteiger partial charge on any atom is 0.308 e. The minimum Gasteiger partial charge on any atom is -0.481 e. The number of amides is 1. The molecule has 0 saturated heterocycles. The highest BCUT2D eigenvalue weighted by Gasteiger charge is 2.48. The second-order valence-corrected chi connectivity index (χ2v) is 8.35. The van der Waals surface area contributed by atoms with Crippen LogP contribution in [0.15, 0.2) is 24.7 Å². The normalized spacial score (nSPS) is 25.5. The van der Waals surface area contributed by atoms with Crippen LogP contribution in [0.3, 0.4) is 0 Å². The Bertz CT molecular complexity index is 1140. The highest BCUT2D eigenvalue weighted by Crippen LogP contribution is 2.45. The monoisotopic (exact) mass is 411 g/mol. The van der Waals surface area contributed by atoms with Gasteiger partial charge in [-0.1, -0.05) is 0 Å². The lowest BCUT2D eigenvalue weighted by Crippen LogP contribution is -2.56. The number of carboxylic acids is 1. The van der Waals surface area contributed by atoms with Gasteiger partial charge in [-0.25, -0.2) is 14.4 Å². The molecule has 0 unspecified atom stereocenters. The Balaban J connectivity index is 1.43. The van der Waals surface area contributed by atoms with Crippen LogP contribution in [0, 0.1) is 23.6 Å². The van der Waals surface area contributed by atoms with Gasteiger partial charge in [-0.05, 0) is 43.6 Å². The number of rotatable bonds is 4. The number of carbonyl (C=O) groups is 2. The zero-order chi connectivity index (χ0) is 21.0. The highest BCUT2D eigenvalue weighted by molar-refractivity contribution is 5.95. The number of aryl methyl sites for hydroxylation is 1. The van der Waals surface area contributed by atoms with Crippen molar-refractivity contribution in [2.75, 3.05) is 0 Å². The molecule has 156 valence electrons. The van der Waals surface area contributed by atoms with Crippen LogP contribution in [-0.4, -0.2) is 42.5 Å². The maximum absolute atomic E-state index is 13.7. The molecule has 3 aromatic rings. The van der Waals surface area contributed by atoms with E-state index in [1.165, 1.54) is 6.07 Å². The van der Waals surface area contributed by atoms with E-state index < -0.39 is 17.7 Å². The quantitative estimate of drug-likeness (QED) is 0.611. The highest BCUT2D eigenvalue weighted by atomic mass is 19.1. The number of nitrogens with zero attached hydrogens (tertiary/aromatic N) is 3. The Morgan fingerprint density at radius 1 is 1.27 bits per heavy atom. The molecular weight excluding hydrogens is 389 g/mol. The number of nitrogens with one attached hydrogen (secondary N) is 2. The summed E-state index contributed by atoms with van der Waals surface area (Å²) >= 11 is 0. The van der Waals surface area contributed by atoms with E-state index in [9.17, 15) is 19.1 Å². The van der Waals surface area contributed by atoms with Gasteiger partial charge in [0.05, 0.1) is 12.1 Å². The number of pyridine rings is 1. The number of halogens is 1. The van der Waals surface area contributed by atoms with Gasteiger partial charge < -0.3 is 20.0 Å². The third kappa shape index (κ3) is 2.96. The van der Waals surface area contributed by atoms with Gasteiger partial charge >= 0.3 is 5.97 Å². The molecule has 1 amide bonds. The molecule has 3 heterocycles. The van der Waals surface area contributed by atoms with Crippen molar-refractivity contribution < 1.29 is 19.1 Å². The van der Waals surface area contributed by atoms with Crippen LogP contribution < -0.4 is 5.32 Å². The Labute approximate surface area is 171 Å². The summed E-state index contributed by atoms with van der Waals surface area (Å²) in [6, 6.07) is 0.998. The first-order valence-electron chi connectivity index (χ1n) is 10.1. The topological polar surface area (TPSA) is 113 Å². The molecule has 3 aliphatic rings. The molecular formula is C21H22FN5O3. The molecule has 9 heteroatoms. The maximum atomic E-state index is 13.7. The molecule has 8 nitrogen and oxygen atoms in total. The SMILES string of the molecule is Cn1cc(C(=O)N[C@H]2C3CCC(CC3)[C@@H]2C(=O)O)nc1-c1c[nH]c2ncc(F)cc12. The van der Waals surface area contributed by atoms with E-state index in [4.69, 9.17) is 0 Å². The van der Waals surface area contributed by atoms with Crippen molar-refractivity contribution >= 4 is 22.9 Å². The van der Waals surface area contributed by atoms with Gasteiger partial charge in [-0.3, -0.25) is 9.59 Å². The molecule has 3 saturated carbocycles. The van der Waals surface area contributed by atoms with Crippen LogP contribution in [0.1, 0.15) is 36.2 Å². The fourth-order valence-corrected chi connectivity index (χ4v) is 5.23. The lowest BCUT2D eigenvalue weighted by Gasteiger charge is -2.46. The van der Waals surface area contributed by atoms with Gasteiger partial charge in [0, 0.05) is 36.4 Å². The third-order valence-electron chi connectivity index (χ3n) is 6.65. The predicted molar refractivity (Wildman–Crippen MR) is 106 cm³/mol. The zero-order valence-corrected chi connectivity index (χ0v) is 16.4. The lowest BCUT2D eigenvalue weighted by molar-refractivity contribution is -0.149. The molecule has 30 heavy (non-hydrogen) atoms. The summed E-state index contributed by atoms with van der Waals surface area (Å²) in [5, 5.41) is 13.2. The number of H-pyrrole nitrogens is 1. The number of imidazole rings is 1. The molecule has 0 radical (unpaired) electrons. The Morgan fingerprint density at radius 3 is 2.73 bits per heavy atom. The van der Waals surface area contributed by atoms with Gasteiger partial charge in [0.1, 0.15) is 23.0 Å². The number of carbonyl (C=O) groups excluding carboxylic acids is 1. The predicted octanol–water partition coefficient (Wildman–Crippen LogP) is 2.72. The molecule has 0 spiro atoms. The lowest BCUT2D eigenvalue weighted by atomic mass is 9.61. The fourth-order valence-electron chi connectivity index (χ4n) is 5.23. The van der Waals surface area contributed by atoms with E-state index >= 15 is 0 Å². The first kappa shape index (κ1) is 18.8. The van der Waals surface area contributed by atoms with Crippen LogP contribution in [0.4, 0.5) is 4.39 Å². The molecule has 0 aliphatic heterocycles. The summed E-state index contributed by atoms with van der Waals surface area (Å²) in [7, 11) is 1.76. The Morgan fingerprint density at radius 2 is 2.00 bits per heavy atom. The van der Waals surface area contributed by atoms with Crippen LogP contribution >= 0.6 is 0 Å². The Hall–Kier alpha value is -3.23. The molecule has 3 aromatic heterocycles. The van der Waals surface area contributed by atoms with E-state index in [0.717, 1.165) is 31.9 Å². The number of aromatic nitrogens is 4. The summed E-state index contributed by atoms with van der Waals surface area (Å²) in [5.74, 6) is -1.43. The number of aromatic amines is 1. The minimum absolute atomic E-state index is 0.116. The Kier molecular flexibility index (Phi) is 4.34. The van der Waals surface area contributed by atoms with Gasteiger partial charge in [-0.15, -0.1) is 0 Å². The van der Waals surface area contributed by atoms with E-state index in [0.29, 0.717) is 22.4 Å². The van der Waals surface area contributed by atoms with Crippen LogP contribution in [0.2, 0.25) is 0 Å². The second-order valence-electron chi connectivity index (χ2n) is 8.35. The van der Waals surface area contributed by atoms with Crippen molar-refractivity contribution in [2.24, 2.45) is 24.8 Å². The number of carboxylic acid groups (broad SMARTS) is 1. The first-order chi connectivity index (χ1) is 14.4. The van der Waals surface area contributed by atoms with Gasteiger partial charge in [0.2, 0.25) is 0 Å². The standard InChI is InChI=1S/C21H22FN5O3/c1-27-9-15(25-19(27)14-8-24-18-13(14)6-12(22)7-23-18)20(28)26-17-11-4-2-10(3-5-11)16(17)21(29)30/h6-11,16-17H,2-5H2,1H3,(H,23,24)(H,26,28)(H,29,30)/t10?,11?,16-,17-/m0/s1. The van der Waals surface area contributed by atoms with Crippen LogP contribution in [-0.2, 0) is 11.8 Å². The second kappa shape index (κ2) is 6.93. The van der Waals surface area contributed by atoms with Crippen LogP contribution in [0.5, 0.6) is 0 Å². The van der Waals surface area contributed by atoms with E-state index in [-0.39, 0.29) is 29.5 Å². The smallest absolute Gasteiger partial charge is 0.308 e. The summed E-state index contributed by atoms with van der Waals surface area (Å²) < 4.78 is 15.4. The van der Waals surface area contributed by atoms with E-state index in [1.807, 2.05) is 0 Å². The van der Waals surface area contributed by atoms with Crippen molar-refractivity contribution in [2.45, 2.75) is 31.7 Å². The number of fused-ring (bicyclic) bond motifs is 4. The van der Waals surface area contributed by atoms with Crippen molar-refractivity contribution in [3.05, 3.63) is 36.2 Å². The minimum atomic E-state index is -0.843. The third-order valence-corrected chi connectivity index (χ3v) is 6.65. The number of aliphatic carboxylic acids is 1. The van der Waals surface area contributed by atoms with Crippen LogP contribution in [0.25, 0.3) is 22.4 Å². The largest absolute Gasteiger partial charge is 0.481 e. The first-order valence-corrected chi connectivity index (χ1v) is 10.1. The molecule has 0 aromatic carbocycles. The average Bonchev–Trinajstić information content (AvgIpc) is 3.31. The fraction of sp³-hybridized carbons (Fsp3) is 0.429. The zero-order valence-electron chi connectivity index (χ0n) is 16.4. The summed E-state index contributed by atoms with van der Waals surface area (Å²) in [4.78, 5) is 36.2. The molecule has 3 fully saturated rings. The summed E-state index contributed by atoms with van der Waals surface area (Å²) in [6.07, 6.45) is 8.13. The molecule has 3 aliphatic carbocycles. The molecule has 6 rings (SSSR count). The average molecular weight is 411 g/mol. The van der Waals surface area contributed by atoms with Gasteiger partial charge in [0.25, 0.3) is 5.91 Å². The van der Waals surface area contributed by atoms with E-state index in [1.54, 1.807) is 24.0 Å². The molecule has 2 bridgehead atoms. The van der Waals surface area contributed by atoms with Gasteiger partial charge in [0.15, 0.2) is 0 Å². The summed E-state index contributed by atoms with van der Waals surface area (Å²) in [5.41, 5.74) is 1.37. The summed E-state index contributed by atoms with van der Waals surface area (Å²) in [6.45, 7) is 0. The van der Waals surface area contributed by atoms with E-state index in [2.05, 4.69) is 20.3 Å².